The lowest BCUT2D eigenvalue weighted by atomic mass is 10.1. The van der Waals surface area contributed by atoms with Crippen molar-refractivity contribution >= 4 is 21.6 Å². The molecule has 2 aromatic carbocycles. The fraction of sp³-hybridized carbons (Fsp3) is 0.304. The molecule has 0 bridgehead atoms. The monoisotopic (exact) mass is 440 g/mol. The number of para-hydroxylation sites is 1. The van der Waals surface area contributed by atoms with Gasteiger partial charge >= 0.3 is 0 Å². The molecule has 31 heavy (non-hydrogen) atoms. The molecule has 0 saturated heterocycles. The van der Waals surface area contributed by atoms with Gasteiger partial charge in [-0.2, -0.15) is 0 Å². The second-order valence-electron chi connectivity index (χ2n) is 7.77. The summed E-state index contributed by atoms with van der Waals surface area (Å²) in [5.74, 6) is 0.465. The van der Waals surface area contributed by atoms with E-state index in [1.54, 1.807) is 25.3 Å². The number of rotatable bonds is 7. The number of aryl methyl sites for hydroxylation is 3. The number of amides is 1. The van der Waals surface area contributed by atoms with E-state index in [1.807, 2.05) is 61.9 Å². The molecule has 164 valence electrons. The molecule has 1 aromatic heterocycles. The Balaban J connectivity index is 1.84. The van der Waals surface area contributed by atoms with E-state index in [1.165, 1.54) is 4.31 Å². The zero-order chi connectivity index (χ0) is 22.8. The summed E-state index contributed by atoms with van der Waals surface area (Å²) in [7, 11) is -3.67. The van der Waals surface area contributed by atoms with Gasteiger partial charge in [0.25, 0.3) is 0 Å². The molecule has 0 aliphatic rings. The van der Waals surface area contributed by atoms with Crippen LogP contribution in [0, 0.1) is 20.8 Å². The van der Waals surface area contributed by atoms with Crippen LogP contribution in [0.3, 0.4) is 0 Å². The number of sulfonamides is 1. The third kappa shape index (κ3) is 5.14. The van der Waals surface area contributed by atoms with Crippen LogP contribution in [-0.4, -0.2) is 36.2 Å². The van der Waals surface area contributed by atoms with E-state index >= 15 is 0 Å². The van der Waals surface area contributed by atoms with Crippen LogP contribution in [0.2, 0.25) is 0 Å². The Labute approximate surface area is 183 Å². The molecule has 0 saturated carbocycles. The highest BCUT2D eigenvalue weighted by Gasteiger charge is 2.29. The van der Waals surface area contributed by atoms with E-state index < -0.39 is 16.1 Å². The van der Waals surface area contributed by atoms with E-state index in [4.69, 9.17) is 0 Å². The largest absolute Gasteiger partial charge is 0.350 e. The Kier molecular flexibility index (Phi) is 6.50. The zero-order valence-corrected chi connectivity index (χ0v) is 19.3. The van der Waals surface area contributed by atoms with Crippen molar-refractivity contribution in [2.24, 2.45) is 0 Å². The van der Waals surface area contributed by atoms with Gasteiger partial charge in [-0.15, -0.1) is 0 Å². The van der Waals surface area contributed by atoms with Gasteiger partial charge in [-0.25, -0.2) is 13.4 Å². The van der Waals surface area contributed by atoms with Crippen molar-refractivity contribution in [3.63, 3.8) is 0 Å². The summed E-state index contributed by atoms with van der Waals surface area (Å²) in [5, 5.41) is 2.89. The van der Waals surface area contributed by atoms with E-state index in [0.29, 0.717) is 5.69 Å². The molecule has 0 radical (unpaired) electrons. The Morgan fingerprint density at radius 1 is 1.13 bits per heavy atom. The number of aromatic nitrogens is 2. The highest BCUT2D eigenvalue weighted by atomic mass is 32.2. The highest BCUT2D eigenvalue weighted by molar-refractivity contribution is 7.92. The lowest BCUT2D eigenvalue weighted by molar-refractivity contribution is -0.122. The molecule has 0 aliphatic heterocycles. The maximum atomic E-state index is 13.0. The van der Waals surface area contributed by atoms with E-state index in [-0.39, 0.29) is 12.5 Å². The summed E-state index contributed by atoms with van der Waals surface area (Å²) < 4.78 is 28.2. The third-order valence-electron chi connectivity index (χ3n) is 5.08. The quantitative estimate of drug-likeness (QED) is 0.611. The van der Waals surface area contributed by atoms with Crippen molar-refractivity contribution in [2.45, 2.75) is 40.3 Å². The van der Waals surface area contributed by atoms with Crippen molar-refractivity contribution < 1.29 is 13.2 Å². The van der Waals surface area contributed by atoms with Gasteiger partial charge in [0.05, 0.1) is 17.6 Å². The number of hydrogen-bond acceptors (Lipinski definition) is 4. The standard InChI is InChI=1S/C23H28N4O3S/c1-16-12-17(2)14-21(13-16)27(31(5,29)30)18(3)23(28)25-15-20-8-6-7-9-22(20)26-11-10-24-19(26)4/h6-14,18H,15H2,1-5H3,(H,25,28)/t18-/m0/s1. The molecule has 8 heteroatoms. The molecular weight excluding hydrogens is 412 g/mol. The van der Waals surface area contributed by atoms with Crippen LogP contribution >= 0.6 is 0 Å². The highest BCUT2D eigenvalue weighted by Crippen LogP contribution is 2.24. The van der Waals surface area contributed by atoms with Crippen molar-refractivity contribution in [1.82, 2.24) is 14.9 Å². The first-order chi connectivity index (χ1) is 14.6. The van der Waals surface area contributed by atoms with Gasteiger partial charge < -0.3 is 9.88 Å². The van der Waals surface area contributed by atoms with Crippen LogP contribution in [0.25, 0.3) is 5.69 Å². The molecule has 0 aliphatic carbocycles. The SMILES string of the molecule is Cc1cc(C)cc(N([C@@H](C)C(=O)NCc2ccccc2-n2ccnc2C)S(C)(=O)=O)c1. The van der Waals surface area contributed by atoms with E-state index in [9.17, 15) is 13.2 Å². The summed E-state index contributed by atoms with van der Waals surface area (Å²) in [6.07, 6.45) is 4.70. The summed E-state index contributed by atoms with van der Waals surface area (Å²) in [6.45, 7) is 7.57. The van der Waals surface area contributed by atoms with Crippen molar-refractivity contribution in [3.8, 4) is 5.69 Å². The van der Waals surface area contributed by atoms with Crippen molar-refractivity contribution in [1.29, 1.82) is 0 Å². The minimum absolute atomic E-state index is 0.265. The maximum absolute atomic E-state index is 13.0. The summed E-state index contributed by atoms with van der Waals surface area (Å²) >= 11 is 0. The van der Waals surface area contributed by atoms with E-state index in [2.05, 4.69) is 10.3 Å². The molecule has 0 unspecified atom stereocenters. The van der Waals surface area contributed by atoms with Crippen LogP contribution in [0.1, 0.15) is 29.4 Å². The van der Waals surface area contributed by atoms with Crippen LogP contribution in [0.4, 0.5) is 5.69 Å². The predicted octanol–water partition coefficient (Wildman–Crippen LogP) is 3.27. The predicted molar refractivity (Wildman–Crippen MR) is 123 cm³/mol. The van der Waals surface area contributed by atoms with Crippen LogP contribution in [-0.2, 0) is 21.4 Å². The number of benzene rings is 2. The minimum Gasteiger partial charge on any atom is -0.350 e. The Bertz CT molecular complexity index is 1180. The molecule has 1 atom stereocenters. The third-order valence-corrected chi connectivity index (χ3v) is 6.32. The number of nitrogens with one attached hydrogen (secondary N) is 1. The molecule has 7 nitrogen and oxygen atoms in total. The lowest BCUT2D eigenvalue weighted by Crippen LogP contribution is -2.47. The second kappa shape index (κ2) is 8.93. The summed E-state index contributed by atoms with van der Waals surface area (Å²) in [5.41, 5.74) is 4.17. The van der Waals surface area contributed by atoms with E-state index in [0.717, 1.165) is 34.5 Å². The number of carbonyl (C=O) groups excluding carboxylic acids is 1. The number of hydrogen-bond donors (Lipinski definition) is 1. The van der Waals surface area contributed by atoms with Crippen LogP contribution in [0.15, 0.2) is 54.9 Å². The Hall–Kier alpha value is -3.13. The number of carbonyl (C=O) groups is 1. The van der Waals surface area contributed by atoms with Gasteiger partial charge in [0, 0.05) is 18.9 Å². The smallest absolute Gasteiger partial charge is 0.243 e. The molecular formula is C23H28N4O3S. The summed E-state index contributed by atoms with van der Waals surface area (Å²) in [6, 6.07) is 12.3. The minimum atomic E-state index is -3.67. The summed E-state index contributed by atoms with van der Waals surface area (Å²) in [4.78, 5) is 17.2. The average molecular weight is 441 g/mol. The molecule has 1 heterocycles. The Morgan fingerprint density at radius 2 is 1.77 bits per heavy atom. The fourth-order valence-corrected chi connectivity index (χ4v) is 4.90. The fourth-order valence-electron chi connectivity index (χ4n) is 3.74. The van der Waals surface area contributed by atoms with Gasteiger partial charge in [0.1, 0.15) is 11.9 Å². The van der Waals surface area contributed by atoms with Crippen LogP contribution < -0.4 is 9.62 Å². The first-order valence-electron chi connectivity index (χ1n) is 10.0. The first-order valence-corrected chi connectivity index (χ1v) is 11.9. The van der Waals surface area contributed by atoms with Gasteiger partial charge in [-0.1, -0.05) is 24.3 Å². The molecule has 1 amide bonds. The van der Waals surface area contributed by atoms with Gasteiger partial charge in [0.15, 0.2) is 0 Å². The zero-order valence-electron chi connectivity index (χ0n) is 18.5. The lowest BCUT2D eigenvalue weighted by Gasteiger charge is -2.29. The van der Waals surface area contributed by atoms with Gasteiger partial charge in [-0.3, -0.25) is 9.10 Å². The molecule has 0 spiro atoms. The number of imidazole rings is 1. The number of nitrogens with zero attached hydrogens (tertiary/aromatic N) is 3. The van der Waals surface area contributed by atoms with Crippen LogP contribution in [0.5, 0.6) is 0 Å². The van der Waals surface area contributed by atoms with Crippen molar-refractivity contribution in [3.05, 3.63) is 77.4 Å². The average Bonchev–Trinajstić information content (AvgIpc) is 3.10. The topological polar surface area (TPSA) is 84.3 Å². The maximum Gasteiger partial charge on any atom is 0.243 e. The molecule has 0 fully saturated rings. The normalized spacial score (nSPS) is 12.4. The van der Waals surface area contributed by atoms with Gasteiger partial charge in [0.2, 0.25) is 15.9 Å². The molecule has 1 N–H and O–H groups in total. The Morgan fingerprint density at radius 3 is 2.35 bits per heavy atom. The first kappa shape index (κ1) is 22.6. The van der Waals surface area contributed by atoms with Gasteiger partial charge in [-0.05, 0) is 62.6 Å². The molecule has 3 rings (SSSR count). The van der Waals surface area contributed by atoms with Crippen molar-refractivity contribution in [2.75, 3.05) is 10.6 Å². The second-order valence-corrected chi connectivity index (χ2v) is 9.63. The number of anilines is 1. The molecule has 3 aromatic rings.